The molecule has 16 heavy (non-hydrogen) atoms. The lowest BCUT2D eigenvalue weighted by atomic mass is 10.4. The van der Waals surface area contributed by atoms with E-state index in [-0.39, 0.29) is 24.2 Å². The molecule has 1 amide bonds. The lowest BCUT2D eigenvalue weighted by Crippen LogP contribution is -2.11. The van der Waals surface area contributed by atoms with E-state index in [4.69, 9.17) is 16.3 Å². The Hall–Kier alpha value is -1.14. The molecule has 0 spiro atoms. The predicted molar refractivity (Wildman–Crippen MR) is 61.8 cm³/mol. The van der Waals surface area contributed by atoms with Gasteiger partial charge in [0.05, 0.1) is 13.0 Å². The van der Waals surface area contributed by atoms with E-state index >= 15 is 0 Å². The van der Waals surface area contributed by atoms with Crippen molar-refractivity contribution in [3.63, 3.8) is 0 Å². The van der Waals surface area contributed by atoms with E-state index in [9.17, 15) is 9.59 Å². The first-order valence-corrected chi connectivity index (χ1v) is 5.97. The first-order valence-electron chi connectivity index (χ1n) is 4.61. The van der Waals surface area contributed by atoms with Gasteiger partial charge in [-0.2, -0.15) is 0 Å². The van der Waals surface area contributed by atoms with Crippen LogP contribution in [0.4, 0.5) is 5.13 Å². The summed E-state index contributed by atoms with van der Waals surface area (Å²) in [6.45, 7) is 2.10. The van der Waals surface area contributed by atoms with E-state index in [1.165, 1.54) is 17.5 Å². The average molecular weight is 263 g/mol. The standard InChI is InChI=1S/C9H11ClN2O3S/c1-2-15-8(14)3-6-5-11-9(16-6)12-7(13)4-10/h5H,2-4H2,1H3,(H,11,12,13). The minimum atomic E-state index is -0.321. The van der Waals surface area contributed by atoms with Crippen molar-refractivity contribution in [3.8, 4) is 0 Å². The first kappa shape index (κ1) is 12.9. The minimum absolute atomic E-state index is 0.118. The fourth-order valence-electron chi connectivity index (χ4n) is 0.954. The van der Waals surface area contributed by atoms with E-state index in [1.54, 1.807) is 6.92 Å². The Labute approximate surface area is 102 Å². The van der Waals surface area contributed by atoms with Crippen LogP contribution in [-0.2, 0) is 20.7 Å². The number of ether oxygens (including phenoxy) is 1. The number of hydrogen-bond donors (Lipinski definition) is 1. The summed E-state index contributed by atoms with van der Waals surface area (Å²) in [7, 11) is 0. The van der Waals surface area contributed by atoms with Crippen molar-refractivity contribution in [3.05, 3.63) is 11.1 Å². The summed E-state index contributed by atoms with van der Waals surface area (Å²) in [5, 5.41) is 2.94. The fourth-order valence-corrected chi connectivity index (χ4v) is 1.83. The molecule has 0 aliphatic heterocycles. The predicted octanol–water partition coefficient (Wildman–Crippen LogP) is 1.43. The molecule has 0 radical (unpaired) electrons. The molecule has 0 saturated carbocycles. The second-order valence-electron chi connectivity index (χ2n) is 2.80. The van der Waals surface area contributed by atoms with Gasteiger partial charge in [0.25, 0.3) is 0 Å². The number of esters is 1. The lowest BCUT2D eigenvalue weighted by molar-refractivity contribution is -0.142. The van der Waals surface area contributed by atoms with E-state index in [0.29, 0.717) is 11.7 Å². The zero-order valence-electron chi connectivity index (χ0n) is 8.66. The topological polar surface area (TPSA) is 68.3 Å². The summed E-state index contributed by atoms with van der Waals surface area (Å²) in [5.74, 6) is -0.743. The maximum Gasteiger partial charge on any atom is 0.311 e. The summed E-state index contributed by atoms with van der Waals surface area (Å²) < 4.78 is 4.79. The van der Waals surface area contributed by atoms with Crippen molar-refractivity contribution < 1.29 is 14.3 Å². The quantitative estimate of drug-likeness (QED) is 0.644. The molecule has 0 aliphatic carbocycles. The van der Waals surface area contributed by atoms with E-state index in [2.05, 4.69) is 10.3 Å². The molecule has 1 N–H and O–H groups in total. The van der Waals surface area contributed by atoms with Crippen LogP contribution in [0.2, 0.25) is 0 Å². The summed E-state index contributed by atoms with van der Waals surface area (Å²) in [6, 6.07) is 0. The van der Waals surface area contributed by atoms with Gasteiger partial charge >= 0.3 is 5.97 Å². The highest BCUT2D eigenvalue weighted by atomic mass is 35.5. The van der Waals surface area contributed by atoms with E-state index in [0.717, 1.165) is 4.88 Å². The molecule has 88 valence electrons. The van der Waals surface area contributed by atoms with Crippen molar-refractivity contribution in [2.75, 3.05) is 17.8 Å². The van der Waals surface area contributed by atoms with Crippen LogP contribution in [0.3, 0.4) is 0 Å². The van der Waals surface area contributed by atoms with E-state index < -0.39 is 0 Å². The average Bonchev–Trinajstić information content (AvgIpc) is 2.65. The molecule has 5 nitrogen and oxygen atoms in total. The van der Waals surface area contributed by atoms with Gasteiger partial charge in [-0.05, 0) is 6.92 Å². The highest BCUT2D eigenvalue weighted by molar-refractivity contribution is 7.15. The lowest BCUT2D eigenvalue weighted by Gasteiger charge is -1.98. The van der Waals surface area contributed by atoms with Crippen molar-refractivity contribution in [2.45, 2.75) is 13.3 Å². The summed E-state index contributed by atoms with van der Waals surface area (Å²) in [6.07, 6.45) is 1.70. The van der Waals surface area contributed by atoms with Gasteiger partial charge in [-0.25, -0.2) is 4.98 Å². The SMILES string of the molecule is CCOC(=O)Cc1cnc(NC(=O)CCl)s1. The number of nitrogens with zero attached hydrogens (tertiary/aromatic N) is 1. The third-order valence-corrected chi connectivity index (χ3v) is 2.70. The zero-order valence-corrected chi connectivity index (χ0v) is 10.2. The van der Waals surface area contributed by atoms with Crippen molar-refractivity contribution in [1.82, 2.24) is 4.98 Å². The monoisotopic (exact) mass is 262 g/mol. The number of rotatable bonds is 5. The van der Waals surface area contributed by atoms with Gasteiger partial charge in [-0.15, -0.1) is 22.9 Å². The number of alkyl halides is 1. The molecule has 1 aromatic heterocycles. The molecule has 0 atom stereocenters. The smallest absolute Gasteiger partial charge is 0.311 e. The van der Waals surface area contributed by atoms with Crippen LogP contribution in [0.15, 0.2) is 6.20 Å². The van der Waals surface area contributed by atoms with Crippen LogP contribution in [0.5, 0.6) is 0 Å². The van der Waals surface area contributed by atoms with Crippen LogP contribution < -0.4 is 5.32 Å². The number of nitrogens with one attached hydrogen (secondary N) is 1. The van der Waals surface area contributed by atoms with Crippen molar-refractivity contribution in [1.29, 1.82) is 0 Å². The highest BCUT2D eigenvalue weighted by Gasteiger charge is 2.09. The number of halogens is 1. The van der Waals surface area contributed by atoms with Crippen LogP contribution >= 0.6 is 22.9 Å². The van der Waals surface area contributed by atoms with Crippen LogP contribution in [-0.4, -0.2) is 29.3 Å². The van der Waals surface area contributed by atoms with Gasteiger partial charge in [0.15, 0.2) is 5.13 Å². The first-order chi connectivity index (χ1) is 7.65. The van der Waals surface area contributed by atoms with Crippen LogP contribution in [0.25, 0.3) is 0 Å². The third kappa shape index (κ3) is 4.16. The zero-order chi connectivity index (χ0) is 12.0. The van der Waals surface area contributed by atoms with E-state index in [1.807, 2.05) is 0 Å². The Balaban J connectivity index is 2.51. The van der Waals surface area contributed by atoms with Gasteiger partial charge in [-0.3, -0.25) is 9.59 Å². The maximum absolute atomic E-state index is 11.1. The summed E-state index contributed by atoms with van der Waals surface area (Å²) in [5.41, 5.74) is 0. The number of aromatic nitrogens is 1. The Morgan fingerprint density at radius 3 is 3.00 bits per heavy atom. The largest absolute Gasteiger partial charge is 0.466 e. The normalized spacial score (nSPS) is 9.88. The molecule has 1 rings (SSSR count). The van der Waals surface area contributed by atoms with Crippen LogP contribution in [0, 0.1) is 0 Å². The molecule has 0 aliphatic rings. The van der Waals surface area contributed by atoms with Gasteiger partial charge < -0.3 is 10.1 Å². The molecule has 1 aromatic rings. The second kappa shape index (κ2) is 6.44. The number of carbonyl (C=O) groups excluding carboxylic acids is 2. The molecule has 0 aromatic carbocycles. The summed E-state index contributed by atoms with van der Waals surface area (Å²) >= 11 is 6.55. The molecule has 0 bridgehead atoms. The molecule has 0 unspecified atom stereocenters. The maximum atomic E-state index is 11.1. The van der Waals surface area contributed by atoms with Gasteiger partial charge in [0, 0.05) is 11.1 Å². The molecular weight excluding hydrogens is 252 g/mol. The molecule has 0 saturated heterocycles. The molecule has 1 heterocycles. The number of anilines is 1. The summed E-state index contributed by atoms with van der Waals surface area (Å²) in [4.78, 5) is 26.8. The molecule has 0 fully saturated rings. The third-order valence-electron chi connectivity index (χ3n) is 1.55. The number of carbonyl (C=O) groups is 2. The second-order valence-corrected chi connectivity index (χ2v) is 4.18. The number of hydrogen-bond acceptors (Lipinski definition) is 5. The number of thiazole rings is 1. The fraction of sp³-hybridized carbons (Fsp3) is 0.444. The Morgan fingerprint density at radius 1 is 1.62 bits per heavy atom. The molecule has 7 heteroatoms. The van der Waals surface area contributed by atoms with Crippen molar-refractivity contribution >= 4 is 39.9 Å². The van der Waals surface area contributed by atoms with Crippen LogP contribution in [0.1, 0.15) is 11.8 Å². The van der Waals surface area contributed by atoms with Gasteiger partial charge in [-0.1, -0.05) is 0 Å². The Bertz CT molecular complexity index is 381. The van der Waals surface area contributed by atoms with Gasteiger partial charge in [0.1, 0.15) is 5.88 Å². The number of amides is 1. The Kier molecular flexibility index (Phi) is 5.21. The molecular formula is C9H11ClN2O3S. The van der Waals surface area contributed by atoms with Gasteiger partial charge in [0.2, 0.25) is 5.91 Å². The minimum Gasteiger partial charge on any atom is -0.466 e. The van der Waals surface area contributed by atoms with Crippen molar-refractivity contribution in [2.24, 2.45) is 0 Å². The highest BCUT2D eigenvalue weighted by Crippen LogP contribution is 2.18. The Morgan fingerprint density at radius 2 is 2.38 bits per heavy atom.